The molecule has 0 heterocycles. The molecule has 0 aliphatic rings. The van der Waals surface area contributed by atoms with E-state index in [1.165, 1.54) is 0 Å². The van der Waals surface area contributed by atoms with Crippen molar-refractivity contribution in [2.24, 2.45) is 5.73 Å². The zero-order valence-electron chi connectivity index (χ0n) is 10.2. The first-order chi connectivity index (χ1) is 8.14. The summed E-state index contributed by atoms with van der Waals surface area (Å²) in [5.74, 6) is 0.752. The smallest absolute Gasteiger partial charge is 0.134 e. The number of rotatable bonds is 3. The van der Waals surface area contributed by atoms with Crippen LogP contribution in [0.25, 0.3) is 0 Å². The molecular formula is C14H16FeN2O-6. The van der Waals surface area contributed by atoms with E-state index in [0.717, 1.165) is 5.75 Å². The van der Waals surface area contributed by atoms with E-state index in [-0.39, 0.29) is 23.7 Å². The van der Waals surface area contributed by atoms with Crippen molar-refractivity contribution in [2.45, 2.75) is 12.5 Å². The summed E-state index contributed by atoms with van der Waals surface area (Å²) in [6.45, 7) is 1.85. The Morgan fingerprint density at radius 2 is 1.67 bits per heavy atom. The van der Waals surface area contributed by atoms with Gasteiger partial charge in [0.2, 0.25) is 0 Å². The monoisotopic (exact) mass is 284 g/mol. The Hall–Kier alpha value is -1.53. The van der Waals surface area contributed by atoms with E-state index in [4.69, 9.17) is 15.7 Å². The minimum absolute atomic E-state index is 0. The van der Waals surface area contributed by atoms with Gasteiger partial charge >= 0.3 is 0 Å². The Labute approximate surface area is 118 Å². The van der Waals surface area contributed by atoms with Crippen LogP contribution in [0.5, 0.6) is 5.75 Å². The fraction of sp³-hybridized carbons (Fsp3) is 0.214. The van der Waals surface area contributed by atoms with Crippen LogP contribution in [0.2, 0.25) is 0 Å². The molecule has 0 fully saturated rings. The summed E-state index contributed by atoms with van der Waals surface area (Å²) in [6, 6.07) is 19.4. The van der Waals surface area contributed by atoms with Crippen LogP contribution in [0.4, 0.5) is 0 Å². The second-order valence-electron chi connectivity index (χ2n) is 3.90. The van der Waals surface area contributed by atoms with E-state index < -0.39 is 5.54 Å². The topological polar surface area (TPSA) is 59.0 Å². The van der Waals surface area contributed by atoms with E-state index >= 15 is 0 Å². The summed E-state index contributed by atoms with van der Waals surface area (Å²) in [7, 11) is 0. The average molecular weight is 284 g/mol. The molecule has 3 nitrogen and oxygen atoms in total. The van der Waals surface area contributed by atoms with Gasteiger partial charge in [0.15, 0.2) is 0 Å². The molecule has 2 aromatic rings. The molecule has 0 aromatic heterocycles. The third-order valence-corrected chi connectivity index (χ3v) is 1.98. The van der Waals surface area contributed by atoms with Gasteiger partial charge in [-0.25, -0.2) is 12.1 Å². The number of nitrogens with two attached hydrogens (primary N) is 1. The van der Waals surface area contributed by atoms with Crippen molar-refractivity contribution in [1.82, 2.24) is 0 Å². The molecule has 0 spiro atoms. The van der Waals surface area contributed by atoms with Crippen LogP contribution in [0.3, 0.4) is 0 Å². The van der Waals surface area contributed by atoms with Gasteiger partial charge in [0.1, 0.15) is 12.1 Å². The van der Waals surface area contributed by atoms with Crippen LogP contribution in [-0.4, -0.2) is 12.1 Å². The Morgan fingerprint density at radius 3 is 2.06 bits per heavy atom. The minimum Gasteiger partial charge on any atom is -0.748 e. The van der Waals surface area contributed by atoms with Gasteiger partial charge in [-0.05, 0) is 6.92 Å². The molecule has 0 aliphatic heterocycles. The molecule has 0 saturated carbocycles. The SMILES string of the molecule is CC(N)(C#N)CO[c-]1cccc1.[Fe].[cH-]1[cH-][cH-][cH-][cH-]1. The summed E-state index contributed by atoms with van der Waals surface area (Å²) in [4.78, 5) is 0. The first-order valence-electron chi connectivity index (χ1n) is 5.35. The van der Waals surface area contributed by atoms with Crippen molar-refractivity contribution < 1.29 is 21.8 Å². The maximum atomic E-state index is 8.57. The van der Waals surface area contributed by atoms with Crippen molar-refractivity contribution in [3.8, 4) is 11.8 Å². The zero-order valence-corrected chi connectivity index (χ0v) is 11.3. The fourth-order valence-electron chi connectivity index (χ4n) is 1.04. The minimum atomic E-state index is -0.905. The summed E-state index contributed by atoms with van der Waals surface area (Å²) >= 11 is 0. The van der Waals surface area contributed by atoms with Gasteiger partial charge in [-0.1, -0.05) is 0 Å². The number of ether oxygens (including phenoxy) is 1. The maximum absolute atomic E-state index is 8.57. The van der Waals surface area contributed by atoms with Crippen molar-refractivity contribution in [3.05, 3.63) is 54.6 Å². The largest absolute Gasteiger partial charge is 0.748 e. The Bertz CT molecular complexity index is 410. The normalized spacial score (nSPS) is 12.1. The standard InChI is InChI=1S/C9H11N2O.C5H5.Fe/c1-9(11,6-10)7-12-8-4-2-3-5-8;1-2-4-5-3-1;/h2-5H,7,11H2,1H3;1-5H;/q-1;-5;. The van der Waals surface area contributed by atoms with Gasteiger partial charge in [0, 0.05) is 22.8 Å². The van der Waals surface area contributed by atoms with Crippen molar-refractivity contribution in [1.29, 1.82) is 5.26 Å². The van der Waals surface area contributed by atoms with Gasteiger partial charge in [-0.15, -0.1) is 12.1 Å². The predicted octanol–water partition coefficient (Wildman–Crippen LogP) is 2.43. The second-order valence-corrected chi connectivity index (χ2v) is 3.90. The van der Waals surface area contributed by atoms with Crippen LogP contribution in [0.15, 0.2) is 54.6 Å². The van der Waals surface area contributed by atoms with Gasteiger partial charge in [-0.2, -0.15) is 5.26 Å². The maximum Gasteiger partial charge on any atom is 0.134 e. The van der Waals surface area contributed by atoms with Crippen LogP contribution >= 0.6 is 0 Å². The van der Waals surface area contributed by atoms with Crippen LogP contribution in [-0.2, 0) is 17.1 Å². The van der Waals surface area contributed by atoms with Gasteiger partial charge < -0.3 is 40.8 Å². The Kier molecular flexibility index (Phi) is 7.82. The van der Waals surface area contributed by atoms with Crippen LogP contribution in [0.1, 0.15) is 6.92 Å². The first kappa shape index (κ1) is 16.5. The van der Waals surface area contributed by atoms with Gasteiger partial charge in [0.25, 0.3) is 0 Å². The van der Waals surface area contributed by atoms with E-state index in [1.54, 1.807) is 6.92 Å². The molecule has 0 aliphatic carbocycles. The molecule has 4 heteroatoms. The molecule has 2 aromatic carbocycles. The average Bonchev–Trinajstić information content (AvgIpc) is 3.02. The molecule has 2 rings (SSSR count). The van der Waals surface area contributed by atoms with Crippen molar-refractivity contribution >= 4 is 0 Å². The molecule has 2 N–H and O–H groups in total. The van der Waals surface area contributed by atoms with Crippen molar-refractivity contribution in [2.75, 3.05) is 6.61 Å². The molecule has 0 saturated heterocycles. The number of nitrogens with zero attached hydrogens (tertiary/aromatic N) is 1. The molecule has 102 valence electrons. The van der Waals surface area contributed by atoms with Crippen molar-refractivity contribution in [3.63, 3.8) is 0 Å². The Balaban J connectivity index is 0.000000405. The van der Waals surface area contributed by atoms with Gasteiger partial charge in [0.05, 0.1) is 6.07 Å². The molecule has 18 heavy (non-hydrogen) atoms. The second kappa shape index (κ2) is 8.54. The Morgan fingerprint density at radius 1 is 1.22 bits per heavy atom. The summed E-state index contributed by atoms with van der Waals surface area (Å²) in [6.07, 6.45) is 0. The number of nitriles is 1. The quantitative estimate of drug-likeness (QED) is 0.695. The molecule has 0 radical (unpaired) electrons. The van der Waals surface area contributed by atoms with Crippen LogP contribution in [0, 0.1) is 11.3 Å². The molecule has 0 bridgehead atoms. The summed E-state index contributed by atoms with van der Waals surface area (Å²) < 4.78 is 5.25. The molecule has 1 atom stereocenters. The summed E-state index contributed by atoms with van der Waals surface area (Å²) in [5.41, 5.74) is 4.64. The zero-order chi connectivity index (χ0) is 12.6. The number of hydrogen-bond donors (Lipinski definition) is 1. The first-order valence-corrected chi connectivity index (χ1v) is 5.35. The fourth-order valence-corrected chi connectivity index (χ4v) is 1.04. The molecule has 0 amide bonds. The number of hydrogen-bond acceptors (Lipinski definition) is 3. The van der Waals surface area contributed by atoms with E-state index in [1.807, 2.05) is 60.7 Å². The molecule has 1 unspecified atom stereocenters. The predicted molar refractivity (Wildman–Crippen MR) is 67.8 cm³/mol. The van der Waals surface area contributed by atoms with E-state index in [0.29, 0.717) is 0 Å². The summed E-state index contributed by atoms with van der Waals surface area (Å²) in [5, 5.41) is 8.57. The van der Waals surface area contributed by atoms with E-state index in [9.17, 15) is 0 Å². The van der Waals surface area contributed by atoms with Gasteiger partial charge in [-0.3, -0.25) is 0 Å². The van der Waals surface area contributed by atoms with Crippen LogP contribution < -0.4 is 10.5 Å². The third-order valence-electron chi connectivity index (χ3n) is 1.98. The molecular weight excluding hydrogens is 268 g/mol. The van der Waals surface area contributed by atoms with E-state index in [2.05, 4.69) is 0 Å². The third kappa shape index (κ3) is 6.93.